The molecule has 0 atom stereocenters. The Morgan fingerprint density at radius 3 is 2.74 bits per heavy atom. The van der Waals surface area contributed by atoms with Gasteiger partial charge in [0.05, 0.1) is 5.56 Å². The van der Waals surface area contributed by atoms with E-state index in [9.17, 15) is 4.79 Å². The summed E-state index contributed by atoms with van der Waals surface area (Å²) in [4.78, 5) is 20.6. The molecule has 0 saturated carbocycles. The fourth-order valence-corrected chi connectivity index (χ4v) is 2.25. The van der Waals surface area contributed by atoms with Crippen molar-refractivity contribution in [2.75, 3.05) is 5.32 Å². The van der Waals surface area contributed by atoms with Gasteiger partial charge in [-0.25, -0.2) is 9.97 Å². The molecule has 1 amide bonds. The van der Waals surface area contributed by atoms with Gasteiger partial charge in [-0.15, -0.1) is 0 Å². The Kier molecular flexibility index (Phi) is 4.19. The minimum Gasteiger partial charge on any atom is -0.322 e. The number of pyridine rings is 1. The van der Waals surface area contributed by atoms with Gasteiger partial charge in [-0.2, -0.15) is 0 Å². The molecule has 5 heteroatoms. The van der Waals surface area contributed by atoms with Gasteiger partial charge < -0.3 is 5.32 Å². The lowest BCUT2D eigenvalue weighted by molar-refractivity contribution is 0.102. The molecule has 1 N–H and O–H groups in total. The van der Waals surface area contributed by atoms with Gasteiger partial charge in [0.2, 0.25) is 0 Å². The molecular weight excluding hydrogens is 288 g/mol. The molecule has 2 heterocycles. The topological polar surface area (TPSA) is 59.8 Å². The first-order chi connectivity index (χ1) is 11.1. The Morgan fingerprint density at radius 1 is 1.22 bits per heavy atom. The van der Waals surface area contributed by atoms with Crippen molar-refractivity contribution >= 4 is 11.6 Å². The Hall–Kier alpha value is -2.95. The average molecular weight is 306 g/mol. The summed E-state index contributed by atoms with van der Waals surface area (Å²) >= 11 is 0. The van der Waals surface area contributed by atoms with Crippen molar-refractivity contribution in [3.05, 3.63) is 72.4 Å². The van der Waals surface area contributed by atoms with E-state index < -0.39 is 0 Å². The first kappa shape index (κ1) is 15.0. The first-order valence-electron chi connectivity index (χ1n) is 7.49. The molecule has 0 aliphatic rings. The van der Waals surface area contributed by atoms with Gasteiger partial charge in [-0.3, -0.25) is 9.36 Å². The molecule has 0 radical (unpaired) electrons. The molecule has 0 saturated heterocycles. The third kappa shape index (κ3) is 3.45. The van der Waals surface area contributed by atoms with Crippen LogP contribution in [0.5, 0.6) is 0 Å². The Morgan fingerprint density at radius 2 is 2.09 bits per heavy atom. The quantitative estimate of drug-likeness (QED) is 0.800. The second kappa shape index (κ2) is 6.44. The molecular formula is C18H18N4O. The van der Waals surface area contributed by atoms with E-state index >= 15 is 0 Å². The number of nitrogens with one attached hydrogen (secondary N) is 1. The zero-order chi connectivity index (χ0) is 16.2. The second-order valence-corrected chi connectivity index (χ2v) is 5.61. The molecule has 0 spiro atoms. The summed E-state index contributed by atoms with van der Waals surface area (Å²) in [6.07, 6.45) is 6.72. The Balaban J connectivity index is 1.74. The van der Waals surface area contributed by atoms with Gasteiger partial charge in [0.1, 0.15) is 12.1 Å². The average Bonchev–Trinajstić information content (AvgIpc) is 3.09. The predicted molar refractivity (Wildman–Crippen MR) is 89.8 cm³/mol. The van der Waals surface area contributed by atoms with Crippen molar-refractivity contribution < 1.29 is 4.79 Å². The number of amides is 1. The van der Waals surface area contributed by atoms with Crippen molar-refractivity contribution in [2.24, 2.45) is 0 Å². The van der Waals surface area contributed by atoms with E-state index in [1.54, 1.807) is 41.6 Å². The fraction of sp³-hybridized carbons (Fsp3) is 0.167. The molecule has 3 aromatic rings. The lowest BCUT2D eigenvalue weighted by atomic mass is 10.0. The number of hydrogen-bond donors (Lipinski definition) is 1. The molecule has 23 heavy (non-hydrogen) atoms. The molecule has 3 rings (SSSR count). The van der Waals surface area contributed by atoms with E-state index in [4.69, 9.17) is 0 Å². The molecule has 116 valence electrons. The summed E-state index contributed by atoms with van der Waals surface area (Å²) in [5, 5.41) is 2.91. The van der Waals surface area contributed by atoms with Crippen molar-refractivity contribution in [3.63, 3.8) is 0 Å². The zero-order valence-corrected chi connectivity index (χ0v) is 13.1. The highest BCUT2D eigenvalue weighted by Crippen LogP contribution is 2.19. The summed E-state index contributed by atoms with van der Waals surface area (Å²) in [5.41, 5.74) is 2.50. The summed E-state index contributed by atoms with van der Waals surface area (Å²) in [6.45, 7) is 4.25. The molecule has 1 aromatic carbocycles. The molecule has 0 bridgehead atoms. The van der Waals surface area contributed by atoms with Crippen molar-refractivity contribution in [2.45, 2.75) is 19.8 Å². The van der Waals surface area contributed by atoms with E-state index in [1.807, 2.05) is 18.2 Å². The van der Waals surface area contributed by atoms with E-state index in [1.165, 1.54) is 5.56 Å². The van der Waals surface area contributed by atoms with Crippen LogP contribution < -0.4 is 5.32 Å². The predicted octanol–water partition coefficient (Wildman–Crippen LogP) is 3.64. The van der Waals surface area contributed by atoms with Crippen molar-refractivity contribution in [1.29, 1.82) is 0 Å². The fourth-order valence-electron chi connectivity index (χ4n) is 2.25. The molecule has 0 fully saturated rings. The van der Waals surface area contributed by atoms with Gasteiger partial charge in [0.15, 0.2) is 0 Å². The highest BCUT2D eigenvalue weighted by molar-refractivity contribution is 6.04. The summed E-state index contributed by atoms with van der Waals surface area (Å²) in [7, 11) is 0. The van der Waals surface area contributed by atoms with Gasteiger partial charge in [-0.05, 0) is 35.7 Å². The number of carbonyl (C=O) groups is 1. The van der Waals surface area contributed by atoms with Crippen LogP contribution in [-0.2, 0) is 0 Å². The largest absolute Gasteiger partial charge is 0.322 e. The number of anilines is 1. The van der Waals surface area contributed by atoms with Crippen LogP contribution in [0.15, 0.2) is 61.3 Å². The number of nitrogens with zero attached hydrogens (tertiary/aromatic N) is 3. The van der Waals surface area contributed by atoms with Gasteiger partial charge in [0.25, 0.3) is 5.91 Å². The lowest BCUT2D eigenvalue weighted by Gasteiger charge is -2.10. The summed E-state index contributed by atoms with van der Waals surface area (Å²) < 4.78 is 1.79. The molecule has 0 unspecified atom stereocenters. The maximum absolute atomic E-state index is 12.3. The van der Waals surface area contributed by atoms with E-state index in [2.05, 4.69) is 35.2 Å². The molecule has 0 aliphatic carbocycles. The van der Waals surface area contributed by atoms with E-state index in [0.29, 0.717) is 11.5 Å². The summed E-state index contributed by atoms with van der Waals surface area (Å²) in [5.74, 6) is 0.972. The van der Waals surface area contributed by atoms with Crippen LogP contribution in [0.25, 0.3) is 5.82 Å². The Labute approximate surface area is 135 Å². The number of benzene rings is 1. The highest BCUT2D eigenvalue weighted by Gasteiger charge is 2.08. The maximum Gasteiger partial charge on any atom is 0.257 e. The number of hydrogen-bond acceptors (Lipinski definition) is 3. The highest BCUT2D eigenvalue weighted by atomic mass is 16.1. The molecule has 5 nitrogen and oxygen atoms in total. The number of aromatic nitrogens is 3. The standard InChI is InChI=1S/C18H18N4O/c1-13(2)14-4-3-5-16(10-14)21-18(23)15-6-7-17(20-11-15)22-9-8-19-12-22/h3-13H,1-2H3,(H,21,23). The lowest BCUT2D eigenvalue weighted by Crippen LogP contribution is -2.12. The van der Waals surface area contributed by atoms with Crippen LogP contribution in [0.4, 0.5) is 5.69 Å². The van der Waals surface area contributed by atoms with Crippen molar-refractivity contribution in [3.8, 4) is 5.82 Å². The van der Waals surface area contributed by atoms with Crippen LogP contribution in [0.2, 0.25) is 0 Å². The normalized spacial score (nSPS) is 10.7. The number of imidazole rings is 1. The first-order valence-corrected chi connectivity index (χ1v) is 7.49. The Bertz CT molecular complexity index is 792. The maximum atomic E-state index is 12.3. The minimum absolute atomic E-state index is 0.171. The zero-order valence-electron chi connectivity index (χ0n) is 13.1. The van der Waals surface area contributed by atoms with E-state index in [0.717, 1.165) is 11.5 Å². The third-order valence-corrected chi connectivity index (χ3v) is 3.59. The molecule has 2 aromatic heterocycles. The number of carbonyl (C=O) groups excluding carboxylic acids is 1. The SMILES string of the molecule is CC(C)c1cccc(NC(=O)c2ccc(-n3ccnc3)nc2)c1. The molecule has 0 aliphatic heterocycles. The third-order valence-electron chi connectivity index (χ3n) is 3.59. The summed E-state index contributed by atoms with van der Waals surface area (Å²) in [6, 6.07) is 11.4. The minimum atomic E-state index is -0.171. The van der Waals surface area contributed by atoms with Crippen LogP contribution in [0, 0.1) is 0 Å². The van der Waals surface area contributed by atoms with Crippen LogP contribution >= 0.6 is 0 Å². The second-order valence-electron chi connectivity index (χ2n) is 5.61. The van der Waals surface area contributed by atoms with E-state index in [-0.39, 0.29) is 5.91 Å². The van der Waals surface area contributed by atoms with Crippen LogP contribution in [-0.4, -0.2) is 20.4 Å². The van der Waals surface area contributed by atoms with Gasteiger partial charge in [-0.1, -0.05) is 26.0 Å². The smallest absolute Gasteiger partial charge is 0.257 e. The van der Waals surface area contributed by atoms with Gasteiger partial charge in [0, 0.05) is 24.3 Å². The van der Waals surface area contributed by atoms with Crippen LogP contribution in [0.1, 0.15) is 35.7 Å². The van der Waals surface area contributed by atoms with Crippen molar-refractivity contribution in [1.82, 2.24) is 14.5 Å². The van der Waals surface area contributed by atoms with Gasteiger partial charge >= 0.3 is 0 Å². The monoisotopic (exact) mass is 306 g/mol. The number of rotatable bonds is 4. The van der Waals surface area contributed by atoms with Crippen LogP contribution in [0.3, 0.4) is 0 Å².